The van der Waals surface area contributed by atoms with Gasteiger partial charge in [-0.1, -0.05) is 41.2 Å². The minimum atomic E-state index is -2.18. The Morgan fingerprint density at radius 3 is 2.19 bits per heavy atom. The first-order chi connectivity index (χ1) is 14.7. The first kappa shape index (κ1) is 26.0. The zero-order valence-electron chi connectivity index (χ0n) is 19.5. The topological polar surface area (TPSA) is 136 Å². The fourth-order valence-corrected chi connectivity index (χ4v) is 3.95. The largest absolute Gasteiger partial charge is 0.459 e. The van der Waals surface area contributed by atoms with E-state index in [2.05, 4.69) is 6.58 Å². The van der Waals surface area contributed by atoms with Gasteiger partial charge in [-0.15, -0.1) is 0 Å². The second-order valence-corrected chi connectivity index (χ2v) is 9.57. The third-order valence-corrected chi connectivity index (χ3v) is 6.21. The maximum atomic E-state index is 13.0. The predicted molar refractivity (Wildman–Crippen MR) is 112 cm³/mol. The van der Waals surface area contributed by atoms with Gasteiger partial charge in [0.2, 0.25) is 0 Å². The third-order valence-electron chi connectivity index (χ3n) is 6.21. The number of rotatable bonds is 4. The van der Waals surface area contributed by atoms with Crippen LogP contribution in [0.1, 0.15) is 54.4 Å². The normalized spacial score (nSPS) is 36.0. The lowest BCUT2D eigenvalue weighted by Crippen LogP contribution is -2.59. The van der Waals surface area contributed by atoms with Gasteiger partial charge < -0.3 is 24.4 Å². The molecule has 0 spiro atoms. The van der Waals surface area contributed by atoms with Crippen LogP contribution in [0.15, 0.2) is 12.2 Å². The number of aliphatic hydroxyl groups is 2. The number of fused-ring (bicyclic) bond motifs is 1. The van der Waals surface area contributed by atoms with Gasteiger partial charge in [-0.2, -0.15) is 0 Å². The molecule has 7 atom stereocenters. The van der Waals surface area contributed by atoms with Crippen LogP contribution in [-0.4, -0.2) is 63.9 Å². The first-order valence-electron chi connectivity index (χ1n) is 10.9. The fourth-order valence-electron chi connectivity index (χ4n) is 3.95. The van der Waals surface area contributed by atoms with E-state index in [0.29, 0.717) is 0 Å². The predicted octanol–water partition coefficient (Wildman–Crippen LogP) is 1.33. The molecular weight excluding hydrogens is 420 g/mol. The first-order valence-corrected chi connectivity index (χ1v) is 10.9. The Morgan fingerprint density at radius 2 is 1.66 bits per heavy atom. The molecule has 9 heteroatoms. The Kier molecular flexibility index (Phi) is 7.88. The molecule has 0 bridgehead atoms. The molecule has 2 N–H and O–H groups in total. The number of carbonyl (C=O) groups excluding carboxylic acids is 4. The molecule has 1 saturated carbocycles. The Labute approximate surface area is 188 Å². The van der Waals surface area contributed by atoms with E-state index in [1.807, 2.05) is 0 Å². The van der Waals surface area contributed by atoms with E-state index in [1.54, 1.807) is 34.6 Å². The van der Waals surface area contributed by atoms with Crippen LogP contribution in [0.4, 0.5) is 0 Å². The highest BCUT2D eigenvalue weighted by Crippen LogP contribution is 2.41. The van der Waals surface area contributed by atoms with Gasteiger partial charge in [0.25, 0.3) is 0 Å². The summed E-state index contributed by atoms with van der Waals surface area (Å²) in [6.45, 7) is 13.1. The number of hydrogen-bond donors (Lipinski definition) is 2. The van der Waals surface area contributed by atoms with Gasteiger partial charge in [0, 0.05) is 12.0 Å². The van der Waals surface area contributed by atoms with Crippen molar-refractivity contribution in [3.8, 4) is 0 Å². The van der Waals surface area contributed by atoms with Crippen molar-refractivity contribution in [3.05, 3.63) is 12.2 Å². The fraction of sp³-hybridized carbons (Fsp3) is 0.739. The van der Waals surface area contributed by atoms with Crippen LogP contribution in [0, 0.1) is 23.7 Å². The zero-order chi connectivity index (χ0) is 24.5. The van der Waals surface area contributed by atoms with Crippen LogP contribution in [-0.2, 0) is 33.4 Å². The van der Waals surface area contributed by atoms with Gasteiger partial charge in [-0.25, -0.2) is 4.79 Å². The van der Waals surface area contributed by atoms with Gasteiger partial charge in [0.05, 0.1) is 17.8 Å². The summed E-state index contributed by atoms with van der Waals surface area (Å²) in [6, 6.07) is 0. The van der Waals surface area contributed by atoms with Crippen LogP contribution in [0.3, 0.4) is 0 Å². The number of ether oxygens (including phenoxy) is 3. The molecule has 2 fully saturated rings. The van der Waals surface area contributed by atoms with Crippen LogP contribution >= 0.6 is 0 Å². The minimum Gasteiger partial charge on any atom is -0.459 e. The highest BCUT2D eigenvalue weighted by Gasteiger charge is 2.58. The molecule has 0 aromatic rings. The molecule has 180 valence electrons. The van der Waals surface area contributed by atoms with E-state index in [-0.39, 0.29) is 18.4 Å². The molecule has 1 saturated heterocycles. The zero-order valence-corrected chi connectivity index (χ0v) is 19.5. The standard InChI is InChI=1S/C23H34O9/c1-10(2)20(26)30-17-12(5)8-9-14(24)23(7,29)19(32-21(27)11(3)4)18-15(16(17)25)13(6)22(28)31-18/h10-12,15-19,25,29H,6,8-9H2,1-5,7H3/t12-,15-,16-,17+,18+,19-,23-/m0/s1. The average molecular weight is 455 g/mol. The molecule has 0 amide bonds. The van der Waals surface area contributed by atoms with Crippen molar-refractivity contribution in [2.24, 2.45) is 23.7 Å². The van der Waals surface area contributed by atoms with Crippen LogP contribution in [0.5, 0.6) is 0 Å². The molecule has 2 aliphatic rings. The van der Waals surface area contributed by atoms with Gasteiger partial charge in [-0.3, -0.25) is 14.4 Å². The Hall–Kier alpha value is -2.26. The summed E-state index contributed by atoms with van der Waals surface area (Å²) < 4.78 is 16.4. The molecule has 1 heterocycles. The third kappa shape index (κ3) is 5.04. The molecule has 9 nitrogen and oxygen atoms in total. The van der Waals surface area contributed by atoms with Gasteiger partial charge in [0.15, 0.2) is 23.6 Å². The molecule has 1 aliphatic heterocycles. The number of carbonyl (C=O) groups is 4. The van der Waals surface area contributed by atoms with E-state index in [4.69, 9.17) is 14.2 Å². The van der Waals surface area contributed by atoms with Gasteiger partial charge >= 0.3 is 17.9 Å². The van der Waals surface area contributed by atoms with Crippen molar-refractivity contribution in [1.82, 2.24) is 0 Å². The van der Waals surface area contributed by atoms with E-state index in [9.17, 15) is 29.4 Å². The van der Waals surface area contributed by atoms with Crippen molar-refractivity contribution in [3.63, 3.8) is 0 Å². The molecule has 0 radical (unpaired) electrons. The molecule has 0 aromatic heterocycles. The molecule has 1 aliphatic carbocycles. The van der Waals surface area contributed by atoms with Gasteiger partial charge in [0.1, 0.15) is 12.2 Å². The molecule has 2 rings (SSSR count). The number of ketones is 1. The molecule has 0 unspecified atom stereocenters. The summed E-state index contributed by atoms with van der Waals surface area (Å²) in [5.74, 6) is -5.43. The highest BCUT2D eigenvalue weighted by atomic mass is 16.6. The van der Waals surface area contributed by atoms with Crippen molar-refractivity contribution < 1.29 is 43.6 Å². The maximum absolute atomic E-state index is 13.0. The summed E-state index contributed by atoms with van der Waals surface area (Å²) in [4.78, 5) is 50.1. The van der Waals surface area contributed by atoms with Crippen molar-refractivity contribution in [1.29, 1.82) is 0 Å². The Bertz CT molecular complexity index is 782. The van der Waals surface area contributed by atoms with Crippen molar-refractivity contribution in [2.75, 3.05) is 0 Å². The lowest BCUT2D eigenvalue weighted by Gasteiger charge is -2.41. The molecule has 0 aromatic carbocycles. The van der Waals surface area contributed by atoms with E-state index >= 15 is 0 Å². The average Bonchev–Trinajstić information content (AvgIpc) is 2.99. The van der Waals surface area contributed by atoms with Crippen molar-refractivity contribution >= 4 is 23.7 Å². The minimum absolute atomic E-state index is 0.116. The number of esters is 3. The monoisotopic (exact) mass is 454 g/mol. The van der Waals surface area contributed by atoms with Gasteiger partial charge in [-0.05, 0) is 19.3 Å². The summed E-state index contributed by atoms with van der Waals surface area (Å²) >= 11 is 0. The summed E-state index contributed by atoms with van der Waals surface area (Å²) in [6.07, 6.45) is -5.42. The lowest BCUT2D eigenvalue weighted by atomic mass is 9.75. The van der Waals surface area contributed by atoms with Crippen LogP contribution < -0.4 is 0 Å². The SMILES string of the molecule is C=C1C(=O)O[C@@H]2[C@@H]1[C@H](O)[C@H](OC(=O)C(C)C)[C@@H](C)CCC(=O)[C@](C)(O)[C@H]2OC(=O)C(C)C. The maximum Gasteiger partial charge on any atom is 0.334 e. The molecule has 32 heavy (non-hydrogen) atoms. The highest BCUT2D eigenvalue weighted by molar-refractivity contribution is 5.92. The van der Waals surface area contributed by atoms with E-state index in [1.165, 1.54) is 6.92 Å². The number of aliphatic hydroxyl groups excluding tert-OH is 1. The lowest BCUT2D eigenvalue weighted by molar-refractivity contribution is -0.198. The van der Waals surface area contributed by atoms with Crippen molar-refractivity contribution in [2.45, 2.75) is 84.4 Å². The molecular formula is C23H34O9. The number of hydrogen-bond acceptors (Lipinski definition) is 9. The number of Topliss-reactive ketones (excluding diaryl/α,β-unsaturated/α-hetero) is 1. The second kappa shape index (κ2) is 9.70. The Balaban J connectivity index is 2.58. The quantitative estimate of drug-likeness (QED) is 0.366. The Morgan fingerprint density at radius 1 is 1.12 bits per heavy atom. The summed E-state index contributed by atoms with van der Waals surface area (Å²) in [7, 11) is 0. The van der Waals surface area contributed by atoms with E-state index < -0.39 is 77.4 Å². The summed E-state index contributed by atoms with van der Waals surface area (Å²) in [5, 5.41) is 22.4. The van der Waals surface area contributed by atoms with Crippen LogP contribution in [0.25, 0.3) is 0 Å². The smallest absolute Gasteiger partial charge is 0.334 e. The second-order valence-electron chi connectivity index (χ2n) is 9.57. The van der Waals surface area contributed by atoms with E-state index in [0.717, 1.165) is 0 Å². The van der Waals surface area contributed by atoms with Crippen LogP contribution in [0.2, 0.25) is 0 Å². The summed E-state index contributed by atoms with van der Waals surface area (Å²) in [5.41, 5.74) is -2.30.